The fraction of sp³-hybridized carbons (Fsp3) is 0.438. The van der Waals surface area contributed by atoms with E-state index in [2.05, 4.69) is 0 Å². The summed E-state index contributed by atoms with van der Waals surface area (Å²) in [7, 11) is 0. The Morgan fingerprint density at radius 2 is 1.80 bits per heavy atom. The van der Waals surface area contributed by atoms with Crippen molar-refractivity contribution in [3.05, 3.63) is 45.7 Å². The minimum Gasteiger partial charge on any atom is -0.342 e. The Balaban J connectivity index is 1.64. The van der Waals surface area contributed by atoms with Crippen LogP contribution >= 0.6 is 11.6 Å². The van der Waals surface area contributed by atoms with Gasteiger partial charge in [0.1, 0.15) is 5.82 Å². The minimum absolute atomic E-state index is 0.0307. The molecule has 1 aliphatic heterocycles. The number of allylic oxidation sites excluding steroid dienone is 1. The highest BCUT2D eigenvalue weighted by molar-refractivity contribution is 6.31. The summed E-state index contributed by atoms with van der Waals surface area (Å²) in [5, 5.41) is 0.330. The second-order valence-electron chi connectivity index (χ2n) is 5.46. The van der Waals surface area contributed by atoms with E-state index in [1.54, 1.807) is 17.7 Å². The SMILES string of the molecule is O=C(Cc1c(F)cccc1Cl)N1CCC(=C2CC2)CC1. The van der Waals surface area contributed by atoms with Crippen LogP contribution in [0.25, 0.3) is 0 Å². The molecule has 20 heavy (non-hydrogen) atoms. The van der Waals surface area contributed by atoms with Crippen LogP contribution in [0, 0.1) is 5.82 Å². The quantitative estimate of drug-likeness (QED) is 0.761. The number of benzene rings is 1. The van der Waals surface area contributed by atoms with Gasteiger partial charge in [-0.1, -0.05) is 28.8 Å². The molecule has 2 aliphatic rings. The molecule has 106 valence electrons. The molecule has 1 amide bonds. The van der Waals surface area contributed by atoms with Crippen LogP contribution in [0.15, 0.2) is 29.3 Å². The monoisotopic (exact) mass is 293 g/mol. The average molecular weight is 294 g/mol. The molecule has 0 aromatic heterocycles. The Morgan fingerprint density at radius 1 is 1.15 bits per heavy atom. The number of likely N-dealkylation sites (tertiary alicyclic amines) is 1. The molecule has 1 saturated carbocycles. The maximum Gasteiger partial charge on any atom is 0.227 e. The summed E-state index contributed by atoms with van der Waals surface area (Å²) in [6.07, 6.45) is 4.50. The third-order valence-corrected chi connectivity index (χ3v) is 4.46. The first kappa shape index (κ1) is 13.6. The van der Waals surface area contributed by atoms with Gasteiger partial charge < -0.3 is 4.90 Å². The van der Waals surface area contributed by atoms with Crippen molar-refractivity contribution in [3.63, 3.8) is 0 Å². The van der Waals surface area contributed by atoms with Crippen molar-refractivity contribution in [2.24, 2.45) is 0 Å². The van der Waals surface area contributed by atoms with Crippen LogP contribution in [0.4, 0.5) is 4.39 Å². The summed E-state index contributed by atoms with van der Waals surface area (Å²) in [6.45, 7) is 1.51. The molecule has 4 heteroatoms. The third-order valence-electron chi connectivity index (χ3n) is 4.11. The van der Waals surface area contributed by atoms with E-state index in [-0.39, 0.29) is 12.3 Å². The lowest BCUT2D eigenvalue weighted by molar-refractivity contribution is -0.130. The van der Waals surface area contributed by atoms with Crippen LogP contribution in [-0.4, -0.2) is 23.9 Å². The first-order valence-electron chi connectivity index (χ1n) is 7.05. The number of nitrogens with zero attached hydrogens (tertiary/aromatic N) is 1. The maximum atomic E-state index is 13.7. The Kier molecular flexibility index (Phi) is 3.79. The summed E-state index contributed by atoms with van der Waals surface area (Å²) in [5.41, 5.74) is 3.44. The average Bonchev–Trinajstić information content (AvgIpc) is 3.28. The smallest absolute Gasteiger partial charge is 0.227 e. The fourth-order valence-corrected chi connectivity index (χ4v) is 2.99. The first-order valence-corrected chi connectivity index (χ1v) is 7.43. The highest BCUT2D eigenvalue weighted by Crippen LogP contribution is 2.36. The lowest BCUT2D eigenvalue weighted by atomic mass is 10.0. The van der Waals surface area contributed by atoms with Gasteiger partial charge in [-0.05, 0) is 37.8 Å². The normalized spacial score (nSPS) is 18.4. The molecular weight excluding hydrogens is 277 g/mol. The topological polar surface area (TPSA) is 20.3 Å². The molecule has 1 aromatic carbocycles. The van der Waals surface area contributed by atoms with E-state index in [9.17, 15) is 9.18 Å². The van der Waals surface area contributed by atoms with E-state index in [0.29, 0.717) is 10.6 Å². The number of piperidine rings is 1. The molecule has 0 radical (unpaired) electrons. The fourth-order valence-electron chi connectivity index (χ4n) is 2.76. The van der Waals surface area contributed by atoms with E-state index in [4.69, 9.17) is 11.6 Å². The first-order chi connectivity index (χ1) is 9.65. The number of carbonyl (C=O) groups is 1. The Bertz CT molecular complexity index is 546. The zero-order valence-corrected chi connectivity index (χ0v) is 12.0. The summed E-state index contributed by atoms with van der Waals surface area (Å²) >= 11 is 5.97. The van der Waals surface area contributed by atoms with E-state index in [1.165, 1.54) is 24.5 Å². The van der Waals surface area contributed by atoms with Gasteiger partial charge in [-0.2, -0.15) is 0 Å². The maximum absolute atomic E-state index is 13.7. The van der Waals surface area contributed by atoms with Gasteiger partial charge >= 0.3 is 0 Å². The van der Waals surface area contributed by atoms with Crippen molar-refractivity contribution < 1.29 is 9.18 Å². The van der Waals surface area contributed by atoms with Gasteiger partial charge in [0.25, 0.3) is 0 Å². The second-order valence-corrected chi connectivity index (χ2v) is 5.87. The van der Waals surface area contributed by atoms with Gasteiger partial charge in [-0.25, -0.2) is 4.39 Å². The summed E-state index contributed by atoms with van der Waals surface area (Å²) in [4.78, 5) is 14.1. The van der Waals surface area contributed by atoms with Crippen molar-refractivity contribution in [2.45, 2.75) is 32.1 Å². The van der Waals surface area contributed by atoms with Crippen molar-refractivity contribution in [3.8, 4) is 0 Å². The van der Waals surface area contributed by atoms with Crippen molar-refractivity contribution in [1.82, 2.24) is 4.90 Å². The molecule has 0 atom stereocenters. The molecule has 0 spiro atoms. The number of hydrogen-bond acceptors (Lipinski definition) is 1. The van der Waals surface area contributed by atoms with Gasteiger partial charge in [0.05, 0.1) is 6.42 Å². The van der Waals surface area contributed by atoms with Crippen molar-refractivity contribution in [2.75, 3.05) is 13.1 Å². The summed E-state index contributed by atoms with van der Waals surface area (Å²) in [6, 6.07) is 4.53. The molecular formula is C16H17ClFNO. The van der Waals surface area contributed by atoms with Gasteiger partial charge in [-0.3, -0.25) is 4.79 Å². The number of rotatable bonds is 2. The molecule has 1 heterocycles. The lowest BCUT2D eigenvalue weighted by Crippen LogP contribution is -2.37. The van der Waals surface area contributed by atoms with E-state index < -0.39 is 5.82 Å². The predicted octanol–water partition coefficient (Wildman–Crippen LogP) is 3.73. The standard InChI is InChI=1S/C16H17ClFNO/c17-14-2-1-3-15(18)13(14)10-16(20)19-8-6-12(7-9-19)11-4-5-11/h1-3H,4-10H2. The molecule has 1 aliphatic carbocycles. The van der Waals surface area contributed by atoms with Gasteiger partial charge in [0.2, 0.25) is 5.91 Å². The molecule has 0 N–H and O–H groups in total. The number of hydrogen-bond donors (Lipinski definition) is 0. The van der Waals surface area contributed by atoms with E-state index in [0.717, 1.165) is 25.9 Å². The van der Waals surface area contributed by atoms with Gasteiger partial charge in [-0.15, -0.1) is 0 Å². The number of amides is 1. The molecule has 2 fully saturated rings. The molecule has 2 nitrogen and oxygen atoms in total. The molecule has 0 bridgehead atoms. The Labute approximate surface area is 123 Å². The highest BCUT2D eigenvalue weighted by atomic mass is 35.5. The molecule has 1 saturated heterocycles. The lowest BCUT2D eigenvalue weighted by Gasteiger charge is -2.28. The van der Waals surface area contributed by atoms with Crippen LogP contribution < -0.4 is 0 Å². The van der Waals surface area contributed by atoms with Crippen molar-refractivity contribution >= 4 is 17.5 Å². The largest absolute Gasteiger partial charge is 0.342 e. The molecule has 3 rings (SSSR count). The predicted molar refractivity (Wildman–Crippen MR) is 77.2 cm³/mol. The molecule has 0 unspecified atom stereocenters. The van der Waals surface area contributed by atoms with E-state index in [1.807, 2.05) is 4.90 Å². The summed E-state index contributed by atoms with van der Waals surface area (Å²) in [5.74, 6) is -0.430. The highest BCUT2D eigenvalue weighted by Gasteiger charge is 2.25. The van der Waals surface area contributed by atoms with Crippen LogP contribution in [-0.2, 0) is 11.2 Å². The zero-order valence-electron chi connectivity index (χ0n) is 11.3. The number of halogens is 2. The third kappa shape index (κ3) is 2.88. The zero-order chi connectivity index (χ0) is 14.1. The summed E-state index contributed by atoms with van der Waals surface area (Å²) < 4.78 is 13.7. The van der Waals surface area contributed by atoms with Crippen molar-refractivity contribution in [1.29, 1.82) is 0 Å². The Hall–Kier alpha value is -1.35. The van der Waals surface area contributed by atoms with Gasteiger partial charge in [0.15, 0.2) is 0 Å². The van der Waals surface area contributed by atoms with Crippen LogP contribution in [0.5, 0.6) is 0 Å². The van der Waals surface area contributed by atoms with Crippen LogP contribution in [0.3, 0.4) is 0 Å². The molecule has 1 aromatic rings. The van der Waals surface area contributed by atoms with Crippen LogP contribution in [0.2, 0.25) is 5.02 Å². The minimum atomic E-state index is -0.399. The van der Waals surface area contributed by atoms with E-state index >= 15 is 0 Å². The van der Waals surface area contributed by atoms with Gasteiger partial charge in [0, 0.05) is 23.7 Å². The number of carbonyl (C=O) groups excluding carboxylic acids is 1. The Morgan fingerprint density at radius 3 is 2.40 bits per heavy atom. The second kappa shape index (κ2) is 5.57. The van der Waals surface area contributed by atoms with Crippen LogP contribution in [0.1, 0.15) is 31.2 Å².